The second kappa shape index (κ2) is 9.96. The molecule has 1 N–H and O–H groups in total. The van der Waals surface area contributed by atoms with Gasteiger partial charge in [-0.15, -0.1) is 5.10 Å². The fourth-order valence-electron chi connectivity index (χ4n) is 4.27. The van der Waals surface area contributed by atoms with E-state index in [0.717, 1.165) is 44.2 Å². The third-order valence-corrected chi connectivity index (χ3v) is 5.94. The number of benzene rings is 3. The van der Waals surface area contributed by atoms with Crippen LogP contribution >= 0.6 is 0 Å². The zero-order chi connectivity index (χ0) is 25.1. The molecule has 0 unspecified atom stereocenters. The van der Waals surface area contributed by atoms with Crippen LogP contribution in [0, 0.1) is 6.92 Å². The number of ether oxygens (including phenoxy) is 1. The topological polar surface area (TPSA) is 77.0 Å². The SMILES string of the molecule is CCOC(=O)/C=C(\C)N/N=c1\cc(-c2ccccc2)c2cc3c(-c4ccccc4)coc3c(C)c2o1. The lowest BCUT2D eigenvalue weighted by Crippen LogP contribution is -2.13. The predicted octanol–water partition coefficient (Wildman–Crippen LogP) is 6.69. The van der Waals surface area contributed by atoms with Crippen molar-refractivity contribution in [2.45, 2.75) is 20.8 Å². The quantitative estimate of drug-likeness (QED) is 0.167. The van der Waals surface area contributed by atoms with Crippen molar-refractivity contribution in [1.29, 1.82) is 0 Å². The number of rotatable bonds is 6. The van der Waals surface area contributed by atoms with Crippen LogP contribution in [-0.4, -0.2) is 12.6 Å². The highest BCUT2D eigenvalue weighted by atomic mass is 16.5. The Balaban J connectivity index is 1.71. The molecule has 0 fully saturated rings. The smallest absolute Gasteiger partial charge is 0.332 e. The molecule has 2 heterocycles. The van der Waals surface area contributed by atoms with Crippen molar-refractivity contribution >= 4 is 27.9 Å². The third-order valence-electron chi connectivity index (χ3n) is 5.94. The summed E-state index contributed by atoms with van der Waals surface area (Å²) in [6, 6.07) is 24.3. The molecule has 0 amide bonds. The molecule has 0 radical (unpaired) electrons. The van der Waals surface area contributed by atoms with Gasteiger partial charge in [-0.2, -0.15) is 0 Å². The lowest BCUT2D eigenvalue weighted by Gasteiger charge is -2.10. The van der Waals surface area contributed by atoms with E-state index in [4.69, 9.17) is 13.6 Å². The highest BCUT2D eigenvalue weighted by Crippen LogP contribution is 2.38. The molecule has 0 aliphatic rings. The number of carbonyl (C=O) groups excluding carboxylic acids is 1. The maximum Gasteiger partial charge on any atom is 0.332 e. The largest absolute Gasteiger partial charge is 0.463 e. The zero-order valence-corrected chi connectivity index (χ0v) is 20.4. The molecule has 0 saturated carbocycles. The van der Waals surface area contributed by atoms with E-state index in [9.17, 15) is 4.79 Å². The molecule has 36 heavy (non-hydrogen) atoms. The molecule has 6 heteroatoms. The highest BCUT2D eigenvalue weighted by Gasteiger charge is 2.17. The summed E-state index contributed by atoms with van der Waals surface area (Å²) in [6.07, 6.45) is 3.15. The van der Waals surface area contributed by atoms with Gasteiger partial charge in [0.05, 0.1) is 12.9 Å². The molecule has 0 saturated heterocycles. The maximum absolute atomic E-state index is 11.7. The molecule has 3 aromatic carbocycles. The maximum atomic E-state index is 11.7. The lowest BCUT2D eigenvalue weighted by molar-refractivity contribution is -0.137. The Morgan fingerprint density at radius 3 is 2.25 bits per heavy atom. The number of allylic oxidation sites excluding steroid dienone is 1. The van der Waals surface area contributed by atoms with Gasteiger partial charge in [0.1, 0.15) is 11.2 Å². The number of nitrogens with zero attached hydrogens (tertiary/aromatic N) is 1. The molecule has 6 nitrogen and oxygen atoms in total. The van der Waals surface area contributed by atoms with Crippen LogP contribution < -0.4 is 11.0 Å². The van der Waals surface area contributed by atoms with Gasteiger partial charge in [-0.25, -0.2) is 4.79 Å². The van der Waals surface area contributed by atoms with E-state index < -0.39 is 5.97 Å². The van der Waals surface area contributed by atoms with Crippen LogP contribution in [0.1, 0.15) is 19.4 Å². The van der Waals surface area contributed by atoms with Gasteiger partial charge in [-0.05, 0) is 43.5 Å². The average Bonchev–Trinajstić information content (AvgIpc) is 3.33. The second-order valence-corrected chi connectivity index (χ2v) is 8.44. The number of fused-ring (bicyclic) bond motifs is 2. The Morgan fingerprint density at radius 2 is 1.58 bits per heavy atom. The summed E-state index contributed by atoms with van der Waals surface area (Å²) >= 11 is 0. The minimum absolute atomic E-state index is 0.312. The van der Waals surface area contributed by atoms with E-state index >= 15 is 0 Å². The van der Waals surface area contributed by atoms with Crippen molar-refractivity contribution in [3.05, 3.63) is 102 Å². The lowest BCUT2D eigenvalue weighted by atomic mass is 9.96. The molecule has 0 atom stereocenters. The van der Waals surface area contributed by atoms with Gasteiger partial charge in [-0.3, -0.25) is 5.43 Å². The van der Waals surface area contributed by atoms with Gasteiger partial charge in [0, 0.05) is 39.7 Å². The number of nitrogens with one attached hydrogen (secondary N) is 1. The van der Waals surface area contributed by atoms with E-state index in [1.54, 1.807) is 20.1 Å². The summed E-state index contributed by atoms with van der Waals surface area (Å²) in [6.45, 7) is 5.80. The fourth-order valence-corrected chi connectivity index (χ4v) is 4.27. The molecule has 180 valence electrons. The van der Waals surface area contributed by atoms with Crippen LogP contribution in [0.15, 0.2) is 105 Å². The van der Waals surface area contributed by atoms with E-state index in [-0.39, 0.29) is 0 Å². The van der Waals surface area contributed by atoms with Crippen LogP contribution in [0.2, 0.25) is 0 Å². The normalized spacial score (nSPS) is 12.3. The van der Waals surface area contributed by atoms with Gasteiger partial charge in [-0.1, -0.05) is 60.7 Å². The van der Waals surface area contributed by atoms with Gasteiger partial charge < -0.3 is 13.6 Å². The van der Waals surface area contributed by atoms with Crippen LogP contribution in [0.5, 0.6) is 0 Å². The van der Waals surface area contributed by atoms with E-state index in [2.05, 4.69) is 40.9 Å². The Labute approximate surface area is 208 Å². The number of aryl methyl sites for hydroxylation is 1. The monoisotopic (exact) mass is 478 g/mol. The summed E-state index contributed by atoms with van der Waals surface area (Å²) in [5.74, 6) is -0.427. The van der Waals surface area contributed by atoms with Crippen molar-refractivity contribution < 1.29 is 18.4 Å². The molecule has 0 aliphatic heterocycles. The van der Waals surface area contributed by atoms with Crippen LogP contribution in [-0.2, 0) is 9.53 Å². The number of esters is 1. The molecule has 2 aromatic heterocycles. The van der Waals surface area contributed by atoms with Gasteiger partial charge in [0.15, 0.2) is 0 Å². The number of hydrogen-bond donors (Lipinski definition) is 1. The molecule has 5 rings (SSSR count). The van der Waals surface area contributed by atoms with Gasteiger partial charge in [0.25, 0.3) is 0 Å². The number of carbonyl (C=O) groups is 1. The summed E-state index contributed by atoms with van der Waals surface area (Å²) in [5.41, 5.74) is 10.3. The predicted molar refractivity (Wildman–Crippen MR) is 141 cm³/mol. The van der Waals surface area contributed by atoms with E-state index in [1.807, 2.05) is 49.4 Å². The first kappa shape index (κ1) is 23.2. The Bertz CT molecular complexity index is 1650. The Morgan fingerprint density at radius 1 is 0.944 bits per heavy atom. The van der Waals surface area contributed by atoms with Gasteiger partial charge in [0.2, 0.25) is 5.55 Å². The fraction of sp³-hybridized carbons (Fsp3) is 0.133. The van der Waals surface area contributed by atoms with Crippen LogP contribution in [0.25, 0.3) is 44.2 Å². The average molecular weight is 479 g/mol. The van der Waals surface area contributed by atoms with Crippen molar-refractivity contribution in [1.82, 2.24) is 5.43 Å². The molecule has 0 bridgehead atoms. The Kier molecular flexibility index (Phi) is 6.41. The van der Waals surface area contributed by atoms with Crippen molar-refractivity contribution in [2.75, 3.05) is 6.61 Å². The third kappa shape index (κ3) is 4.53. The standard InChI is InChI=1S/C30H26N2O4/c1-4-34-28(33)15-19(2)31-32-27-17-23(21-11-7-5-8-12-21)24-16-25-26(22-13-9-6-10-14-22)18-35-29(25)20(3)30(24)36-27/h5-18,31H,4H2,1-3H3/b19-15+,32-27+. The molecular formula is C30H26N2O4. The minimum Gasteiger partial charge on any atom is -0.463 e. The van der Waals surface area contributed by atoms with Crippen LogP contribution in [0.3, 0.4) is 0 Å². The van der Waals surface area contributed by atoms with Crippen molar-refractivity contribution in [3.63, 3.8) is 0 Å². The van der Waals surface area contributed by atoms with Crippen molar-refractivity contribution in [2.24, 2.45) is 5.10 Å². The molecule has 5 aromatic rings. The first-order valence-electron chi connectivity index (χ1n) is 11.8. The first-order chi connectivity index (χ1) is 17.5. The van der Waals surface area contributed by atoms with Crippen LogP contribution in [0.4, 0.5) is 0 Å². The summed E-state index contributed by atoms with van der Waals surface area (Å²) in [7, 11) is 0. The number of hydrogen-bond acceptors (Lipinski definition) is 6. The summed E-state index contributed by atoms with van der Waals surface area (Å²) in [4.78, 5) is 11.7. The highest BCUT2D eigenvalue weighted by molar-refractivity contribution is 6.08. The van der Waals surface area contributed by atoms with Gasteiger partial charge >= 0.3 is 5.97 Å². The second-order valence-electron chi connectivity index (χ2n) is 8.44. The van der Waals surface area contributed by atoms with E-state index in [0.29, 0.717) is 23.4 Å². The Hall–Kier alpha value is -4.58. The first-order valence-corrected chi connectivity index (χ1v) is 11.8. The molecular weight excluding hydrogens is 452 g/mol. The molecule has 0 spiro atoms. The van der Waals surface area contributed by atoms with Crippen molar-refractivity contribution in [3.8, 4) is 22.3 Å². The summed E-state index contributed by atoms with van der Waals surface area (Å²) in [5, 5.41) is 6.39. The minimum atomic E-state index is -0.427. The number of furan rings is 1. The van der Waals surface area contributed by atoms with E-state index in [1.165, 1.54) is 6.08 Å². The summed E-state index contributed by atoms with van der Waals surface area (Å²) < 4.78 is 17.2. The zero-order valence-electron chi connectivity index (χ0n) is 20.4. The molecule has 0 aliphatic carbocycles.